The van der Waals surface area contributed by atoms with Crippen molar-refractivity contribution in [2.45, 2.75) is 19.1 Å². The number of ether oxygens (including phenoxy) is 2. The summed E-state index contributed by atoms with van der Waals surface area (Å²) in [5.41, 5.74) is 4.56. The average Bonchev–Trinajstić information content (AvgIpc) is 2.95. The molecule has 0 bridgehead atoms. The Balaban J connectivity index is 0.000000631. The zero-order valence-electron chi connectivity index (χ0n) is 22.3. The zero-order chi connectivity index (χ0) is 28.2. The summed E-state index contributed by atoms with van der Waals surface area (Å²) < 4.78 is 11.8. The summed E-state index contributed by atoms with van der Waals surface area (Å²) in [4.78, 5) is 22.9. The largest absolute Gasteiger partial charge is 0.495 e. The van der Waals surface area contributed by atoms with Gasteiger partial charge in [0.15, 0.2) is 0 Å². The van der Waals surface area contributed by atoms with Crippen LogP contribution in [0.15, 0.2) is 78.9 Å². The number of β-amino-alcohol motifs (C(OH)–C–C–N with tert-alkyl or cyclic N) is 1. The van der Waals surface area contributed by atoms with E-state index in [1.807, 2.05) is 48.5 Å². The van der Waals surface area contributed by atoms with Crippen molar-refractivity contribution >= 4 is 17.6 Å². The number of aryl methyl sites for hydroxylation is 1. The zero-order valence-corrected chi connectivity index (χ0v) is 22.3. The van der Waals surface area contributed by atoms with Gasteiger partial charge in [0.2, 0.25) is 0 Å². The first-order valence-corrected chi connectivity index (χ1v) is 12.8. The lowest BCUT2D eigenvalue weighted by molar-refractivity contribution is -0.159. The van der Waals surface area contributed by atoms with Crippen LogP contribution in [0, 0.1) is 6.92 Å². The van der Waals surface area contributed by atoms with Gasteiger partial charge in [0.1, 0.15) is 11.9 Å². The molecule has 0 aromatic heterocycles. The second-order valence-corrected chi connectivity index (χ2v) is 9.20. The summed E-state index contributed by atoms with van der Waals surface area (Å²) in [6.07, 6.45) is -0.734. The number of carboxylic acids is 2. The van der Waals surface area contributed by atoms with Crippen molar-refractivity contribution in [2.24, 2.45) is 0 Å². The lowest BCUT2D eigenvalue weighted by atomic mass is 9.97. The van der Waals surface area contributed by atoms with Gasteiger partial charge in [0.05, 0.1) is 25.5 Å². The molecule has 0 spiro atoms. The Bertz CT molecular complexity index is 1180. The first-order valence-electron chi connectivity index (χ1n) is 12.8. The van der Waals surface area contributed by atoms with Gasteiger partial charge in [-0.1, -0.05) is 66.7 Å². The standard InChI is InChI=1S/C28H34N2O3.C2H2O4/c1-22-10-6-7-13-25(22)28(23-11-4-3-5-12-23)33-21-24(31)20-29-16-18-30(19-17-29)26-14-8-9-15-27(26)32-2;3-1(4)2(5)6/h3-15,24,28,31H,16-21H2,1-2H3;(H,3,4)(H,5,6). The van der Waals surface area contributed by atoms with Crippen LogP contribution in [-0.4, -0.2) is 84.7 Å². The number of anilines is 1. The van der Waals surface area contributed by atoms with Crippen molar-refractivity contribution in [3.63, 3.8) is 0 Å². The third kappa shape index (κ3) is 8.81. The second-order valence-electron chi connectivity index (χ2n) is 9.20. The molecule has 1 heterocycles. The monoisotopic (exact) mass is 536 g/mol. The van der Waals surface area contributed by atoms with Crippen molar-refractivity contribution < 1.29 is 34.4 Å². The quantitative estimate of drug-likeness (QED) is 0.353. The van der Waals surface area contributed by atoms with E-state index in [-0.39, 0.29) is 6.10 Å². The van der Waals surface area contributed by atoms with Crippen LogP contribution in [0.1, 0.15) is 22.8 Å². The summed E-state index contributed by atoms with van der Waals surface area (Å²) >= 11 is 0. The first-order chi connectivity index (χ1) is 18.8. The molecule has 3 aromatic carbocycles. The number of hydrogen-bond donors (Lipinski definition) is 3. The number of aliphatic hydroxyl groups excluding tert-OH is 1. The van der Waals surface area contributed by atoms with E-state index in [1.165, 1.54) is 5.56 Å². The molecule has 2 atom stereocenters. The molecule has 39 heavy (non-hydrogen) atoms. The van der Waals surface area contributed by atoms with Gasteiger partial charge in [-0.05, 0) is 35.7 Å². The van der Waals surface area contributed by atoms with Crippen LogP contribution in [0.3, 0.4) is 0 Å². The van der Waals surface area contributed by atoms with Gasteiger partial charge in [-0.25, -0.2) is 9.59 Å². The molecule has 1 aliphatic rings. The topological polar surface area (TPSA) is 120 Å². The Morgan fingerprint density at radius 1 is 0.846 bits per heavy atom. The lowest BCUT2D eigenvalue weighted by Gasteiger charge is -2.37. The minimum absolute atomic E-state index is 0.190. The SMILES string of the molecule is COc1ccccc1N1CCN(CC(O)COC(c2ccccc2)c2ccccc2C)CC1.O=C(O)C(=O)O. The van der Waals surface area contributed by atoms with Crippen molar-refractivity contribution in [1.82, 2.24) is 4.90 Å². The van der Waals surface area contributed by atoms with E-state index < -0.39 is 18.0 Å². The van der Waals surface area contributed by atoms with E-state index in [9.17, 15) is 5.11 Å². The number of para-hydroxylation sites is 2. The molecule has 208 valence electrons. The third-order valence-corrected chi connectivity index (χ3v) is 6.48. The van der Waals surface area contributed by atoms with Gasteiger partial charge >= 0.3 is 11.9 Å². The van der Waals surface area contributed by atoms with E-state index in [2.05, 4.69) is 47.1 Å². The highest BCUT2D eigenvalue weighted by molar-refractivity contribution is 6.27. The molecule has 0 aliphatic carbocycles. The van der Waals surface area contributed by atoms with Crippen LogP contribution in [-0.2, 0) is 14.3 Å². The van der Waals surface area contributed by atoms with Gasteiger partial charge in [-0.15, -0.1) is 0 Å². The molecule has 0 saturated carbocycles. The Morgan fingerprint density at radius 2 is 1.44 bits per heavy atom. The van der Waals surface area contributed by atoms with Crippen LogP contribution in [0.4, 0.5) is 5.69 Å². The van der Waals surface area contributed by atoms with Gasteiger partial charge in [-0.3, -0.25) is 4.90 Å². The minimum Gasteiger partial charge on any atom is -0.495 e. The highest BCUT2D eigenvalue weighted by Gasteiger charge is 2.23. The maximum atomic E-state index is 10.8. The first kappa shape index (κ1) is 29.6. The highest BCUT2D eigenvalue weighted by atomic mass is 16.5. The Labute approximate surface area is 228 Å². The predicted octanol–water partition coefficient (Wildman–Crippen LogP) is 3.45. The van der Waals surface area contributed by atoms with Gasteiger partial charge < -0.3 is 29.7 Å². The average molecular weight is 537 g/mol. The maximum Gasteiger partial charge on any atom is 0.414 e. The third-order valence-electron chi connectivity index (χ3n) is 6.48. The number of rotatable bonds is 9. The number of nitrogens with zero attached hydrogens (tertiary/aromatic N) is 2. The molecular formula is C30H36N2O7. The molecule has 2 unspecified atom stereocenters. The Morgan fingerprint density at radius 3 is 2.05 bits per heavy atom. The second kappa shape index (κ2) is 14.9. The van der Waals surface area contributed by atoms with E-state index in [0.29, 0.717) is 13.2 Å². The summed E-state index contributed by atoms with van der Waals surface area (Å²) in [6, 6.07) is 26.7. The van der Waals surface area contributed by atoms with Gasteiger partial charge in [0, 0.05) is 32.7 Å². The van der Waals surface area contributed by atoms with E-state index in [4.69, 9.17) is 29.3 Å². The van der Waals surface area contributed by atoms with Crippen molar-refractivity contribution in [3.8, 4) is 5.75 Å². The molecule has 1 aliphatic heterocycles. The summed E-state index contributed by atoms with van der Waals surface area (Å²) in [5.74, 6) is -2.74. The fourth-order valence-electron chi connectivity index (χ4n) is 4.49. The number of benzene rings is 3. The van der Waals surface area contributed by atoms with Crippen molar-refractivity contribution in [3.05, 3.63) is 95.6 Å². The van der Waals surface area contributed by atoms with Crippen LogP contribution < -0.4 is 9.64 Å². The lowest BCUT2D eigenvalue weighted by Crippen LogP contribution is -2.49. The summed E-state index contributed by atoms with van der Waals surface area (Å²) in [6.45, 7) is 6.61. The maximum absolute atomic E-state index is 10.8. The molecule has 3 aromatic rings. The molecule has 9 nitrogen and oxygen atoms in total. The number of hydrogen-bond acceptors (Lipinski definition) is 7. The number of carboxylic acid groups (broad SMARTS) is 2. The summed E-state index contributed by atoms with van der Waals surface area (Å²) in [7, 11) is 1.71. The molecule has 1 fully saturated rings. The Hall–Kier alpha value is -3.92. The predicted molar refractivity (Wildman–Crippen MR) is 148 cm³/mol. The van der Waals surface area contributed by atoms with E-state index in [0.717, 1.165) is 48.7 Å². The number of piperazine rings is 1. The van der Waals surface area contributed by atoms with Gasteiger partial charge in [0.25, 0.3) is 0 Å². The number of carbonyl (C=O) groups is 2. The molecule has 0 radical (unpaired) electrons. The molecule has 9 heteroatoms. The minimum atomic E-state index is -1.82. The molecular weight excluding hydrogens is 500 g/mol. The number of methoxy groups -OCH3 is 1. The normalized spacial score (nSPS) is 15.0. The number of aliphatic carboxylic acids is 2. The summed E-state index contributed by atoms with van der Waals surface area (Å²) in [5, 5.41) is 25.6. The molecule has 3 N–H and O–H groups in total. The molecule has 1 saturated heterocycles. The van der Waals surface area contributed by atoms with Crippen LogP contribution in [0.25, 0.3) is 0 Å². The van der Waals surface area contributed by atoms with Crippen molar-refractivity contribution in [2.75, 3.05) is 51.3 Å². The fourth-order valence-corrected chi connectivity index (χ4v) is 4.49. The van der Waals surface area contributed by atoms with E-state index >= 15 is 0 Å². The fraction of sp³-hybridized carbons (Fsp3) is 0.333. The smallest absolute Gasteiger partial charge is 0.414 e. The number of aliphatic hydroxyl groups is 1. The van der Waals surface area contributed by atoms with Crippen LogP contribution >= 0.6 is 0 Å². The Kier molecular flexibility index (Phi) is 11.3. The van der Waals surface area contributed by atoms with E-state index in [1.54, 1.807) is 7.11 Å². The van der Waals surface area contributed by atoms with Crippen LogP contribution in [0.5, 0.6) is 5.75 Å². The molecule has 0 amide bonds. The van der Waals surface area contributed by atoms with Crippen molar-refractivity contribution in [1.29, 1.82) is 0 Å². The van der Waals surface area contributed by atoms with Gasteiger partial charge in [-0.2, -0.15) is 0 Å². The highest BCUT2D eigenvalue weighted by Crippen LogP contribution is 2.30. The van der Waals surface area contributed by atoms with Crippen LogP contribution in [0.2, 0.25) is 0 Å². The molecule has 4 rings (SSSR count).